The van der Waals surface area contributed by atoms with Crippen LogP contribution in [-0.4, -0.2) is 32.2 Å². The van der Waals surface area contributed by atoms with E-state index in [1.54, 1.807) is 4.90 Å². The first-order chi connectivity index (χ1) is 8.79. The van der Waals surface area contributed by atoms with Crippen molar-refractivity contribution in [3.05, 3.63) is 30.3 Å². The van der Waals surface area contributed by atoms with Gasteiger partial charge in [-0.2, -0.15) is 0 Å². The average Bonchev–Trinajstić information content (AvgIpc) is 2.41. The highest BCUT2D eigenvalue weighted by molar-refractivity contribution is 5.93. The summed E-state index contributed by atoms with van der Waals surface area (Å²) in [6.07, 6.45) is 1.21. The number of ether oxygens (including phenoxy) is 1. The maximum absolute atomic E-state index is 12.1. The second kappa shape index (κ2) is 8.66. The summed E-state index contributed by atoms with van der Waals surface area (Å²) in [5.74, 6) is 0.0862. The van der Waals surface area contributed by atoms with E-state index in [1.165, 1.54) is 0 Å². The Labute approximate surface area is 109 Å². The number of nitrogens with two attached hydrogens (primary N) is 1. The van der Waals surface area contributed by atoms with Crippen LogP contribution in [0.1, 0.15) is 19.8 Å². The molecule has 1 aromatic rings. The van der Waals surface area contributed by atoms with E-state index in [2.05, 4.69) is 0 Å². The molecule has 4 heteroatoms. The molecule has 0 fully saturated rings. The molecule has 0 unspecified atom stereocenters. The topological polar surface area (TPSA) is 55.6 Å². The number of amides is 1. The van der Waals surface area contributed by atoms with Crippen molar-refractivity contribution in [2.75, 3.05) is 31.2 Å². The molecule has 1 amide bonds. The van der Waals surface area contributed by atoms with Gasteiger partial charge in [0.2, 0.25) is 5.91 Å². The van der Waals surface area contributed by atoms with Gasteiger partial charge in [-0.25, -0.2) is 0 Å². The van der Waals surface area contributed by atoms with Gasteiger partial charge >= 0.3 is 0 Å². The summed E-state index contributed by atoms with van der Waals surface area (Å²) < 4.78 is 5.22. The molecule has 1 rings (SSSR count). The van der Waals surface area contributed by atoms with Gasteiger partial charge in [0.05, 0.1) is 13.0 Å². The number of hydrogen-bond acceptors (Lipinski definition) is 3. The SMILES string of the molecule is CCOCCC(=O)N(CCCN)c1ccccc1. The first kappa shape index (κ1) is 14.7. The Morgan fingerprint density at radius 2 is 2.06 bits per heavy atom. The third kappa shape index (κ3) is 4.85. The number of nitrogens with zero attached hydrogens (tertiary/aromatic N) is 1. The quantitative estimate of drug-likeness (QED) is 0.716. The van der Waals surface area contributed by atoms with Crippen LogP contribution in [-0.2, 0) is 9.53 Å². The minimum atomic E-state index is 0.0862. The van der Waals surface area contributed by atoms with E-state index in [9.17, 15) is 4.79 Å². The summed E-state index contributed by atoms with van der Waals surface area (Å²) in [5.41, 5.74) is 6.44. The van der Waals surface area contributed by atoms with Crippen molar-refractivity contribution in [3.8, 4) is 0 Å². The number of rotatable bonds is 8. The molecule has 18 heavy (non-hydrogen) atoms. The monoisotopic (exact) mass is 250 g/mol. The lowest BCUT2D eigenvalue weighted by Crippen LogP contribution is -2.33. The molecule has 0 aromatic heterocycles. The number of benzene rings is 1. The Morgan fingerprint density at radius 3 is 2.67 bits per heavy atom. The average molecular weight is 250 g/mol. The number of carbonyl (C=O) groups is 1. The summed E-state index contributed by atoms with van der Waals surface area (Å²) >= 11 is 0. The lowest BCUT2D eigenvalue weighted by Gasteiger charge is -2.22. The zero-order valence-corrected chi connectivity index (χ0v) is 11.0. The predicted molar refractivity (Wildman–Crippen MR) is 73.6 cm³/mol. The van der Waals surface area contributed by atoms with E-state index in [0.29, 0.717) is 32.7 Å². The van der Waals surface area contributed by atoms with Crippen molar-refractivity contribution in [1.29, 1.82) is 0 Å². The van der Waals surface area contributed by atoms with Crippen molar-refractivity contribution in [2.45, 2.75) is 19.8 Å². The van der Waals surface area contributed by atoms with Gasteiger partial charge in [-0.15, -0.1) is 0 Å². The molecule has 0 saturated heterocycles. The fourth-order valence-corrected chi connectivity index (χ4v) is 1.69. The van der Waals surface area contributed by atoms with Gasteiger partial charge in [0.1, 0.15) is 0 Å². The Bertz CT molecular complexity index is 341. The standard InChI is InChI=1S/C14H22N2O2/c1-2-18-12-9-14(17)16(11-6-10-15)13-7-4-3-5-8-13/h3-5,7-8H,2,6,9-12,15H2,1H3. The van der Waals surface area contributed by atoms with Gasteiger partial charge in [0.15, 0.2) is 0 Å². The maximum atomic E-state index is 12.1. The van der Waals surface area contributed by atoms with Gasteiger partial charge in [0.25, 0.3) is 0 Å². The zero-order chi connectivity index (χ0) is 13.2. The van der Waals surface area contributed by atoms with Gasteiger partial charge in [-0.3, -0.25) is 4.79 Å². The summed E-state index contributed by atoms with van der Waals surface area (Å²) in [6.45, 7) is 4.28. The van der Waals surface area contributed by atoms with Crippen LogP contribution in [0.2, 0.25) is 0 Å². The van der Waals surface area contributed by atoms with Crippen LogP contribution < -0.4 is 10.6 Å². The molecule has 0 atom stereocenters. The van der Waals surface area contributed by atoms with Crippen molar-refractivity contribution in [2.24, 2.45) is 5.73 Å². The fraction of sp³-hybridized carbons (Fsp3) is 0.500. The van der Waals surface area contributed by atoms with E-state index < -0.39 is 0 Å². The predicted octanol–water partition coefficient (Wildman–Crippen LogP) is 1.79. The van der Waals surface area contributed by atoms with Crippen LogP contribution in [0.15, 0.2) is 30.3 Å². The van der Waals surface area contributed by atoms with Crippen LogP contribution in [0.25, 0.3) is 0 Å². The largest absolute Gasteiger partial charge is 0.381 e. The highest BCUT2D eigenvalue weighted by Crippen LogP contribution is 2.14. The molecule has 0 radical (unpaired) electrons. The van der Waals surface area contributed by atoms with Crippen LogP contribution >= 0.6 is 0 Å². The zero-order valence-electron chi connectivity index (χ0n) is 11.0. The molecule has 0 spiro atoms. The normalized spacial score (nSPS) is 10.3. The molecule has 0 aliphatic carbocycles. The molecule has 1 aromatic carbocycles. The van der Waals surface area contributed by atoms with Crippen molar-refractivity contribution in [1.82, 2.24) is 0 Å². The van der Waals surface area contributed by atoms with E-state index >= 15 is 0 Å². The molecule has 2 N–H and O–H groups in total. The number of carbonyl (C=O) groups excluding carboxylic acids is 1. The molecule has 0 bridgehead atoms. The molecule has 4 nitrogen and oxygen atoms in total. The second-order valence-electron chi connectivity index (χ2n) is 3.97. The Balaban J connectivity index is 2.63. The Morgan fingerprint density at radius 1 is 1.33 bits per heavy atom. The first-order valence-corrected chi connectivity index (χ1v) is 6.42. The van der Waals surface area contributed by atoms with Gasteiger partial charge < -0.3 is 15.4 Å². The van der Waals surface area contributed by atoms with Gasteiger partial charge in [-0.1, -0.05) is 18.2 Å². The highest BCUT2D eigenvalue weighted by Gasteiger charge is 2.14. The Kier molecular flexibility index (Phi) is 7.06. The number of hydrogen-bond donors (Lipinski definition) is 1. The van der Waals surface area contributed by atoms with Gasteiger partial charge in [0, 0.05) is 18.8 Å². The van der Waals surface area contributed by atoms with E-state index in [-0.39, 0.29) is 5.91 Å². The summed E-state index contributed by atoms with van der Waals surface area (Å²) in [5, 5.41) is 0. The Hall–Kier alpha value is -1.39. The molecule has 0 heterocycles. The summed E-state index contributed by atoms with van der Waals surface area (Å²) in [6, 6.07) is 9.68. The summed E-state index contributed by atoms with van der Waals surface area (Å²) in [4.78, 5) is 13.9. The lowest BCUT2D eigenvalue weighted by molar-refractivity contribution is -0.119. The highest BCUT2D eigenvalue weighted by atomic mass is 16.5. The van der Waals surface area contributed by atoms with Crippen LogP contribution in [0, 0.1) is 0 Å². The minimum absolute atomic E-state index is 0.0862. The lowest BCUT2D eigenvalue weighted by atomic mass is 10.2. The molecule has 0 saturated carbocycles. The second-order valence-corrected chi connectivity index (χ2v) is 3.97. The fourth-order valence-electron chi connectivity index (χ4n) is 1.69. The van der Waals surface area contributed by atoms with E-state index in [4.69, 9.17) is 10.5 Å². The van der Waals surface area contributed by atoms with Crippen molar-refractivity contribution >= 4 is 11.6 Å². The summed E-state index contributed by atoms with van der Waals surface area (Å²) in [7, 11) is 0. The molecule has 0 aliphatic rings. The molecular formula is C14H22N2O2. The number of anilines is 1. The molecule has 100 valence electrons. The number of para-hydroxylation sites is 1. The van der Waals surface area contributed by atoms with E-state index in [1.807, 2.05) is 37.3 Å². The minimum Gasteiger partial charge on any atom is -0.381 e. The van der Waals surface area contributed by atoms with Crippen LogP contribution in [0.5, 0.6) is 0 Å². The molecular weight excluding hydrogens is 228 g/mol. The third-order valence-electron chi connectivity index (χ3n) is 2.62. The molecule has 0 aliphatic heterocycles. The van der Waals surface area contributed by atoms with E-state index in [0.717, 1.165) is 12.1 Å². The smallest absolute Gasteiger partial charge is 0.229 e. The van der Waals surface area contributed by atoms with Gasteiger partial charge in [-0.05, 0) is 32.0 Å². The maximum Gasteiger partial charge on any atom is 0.229 e. The van der Waals surface area contributed by atoms with Crippen LogP contribution in [0.3, 0.4) is 0 Å². The van der Waals surface area contributed by atoms with Crippen molar-refractivity contribution in [3.63, 3.8) is 0 Å². The van der Waals surface area contributed by atoms with Crippen LogP contribution in [0.4, 0.5) is 5.69 Å². The first-order valence-electron chi connectivity index (χ1n) is 6.42. The third-order valence-corrected chi connectivity index (χ3v) is 2.62. The van der Waals surface area contributed by atoms with Crippen molar-refractivity contribution < 1.29 is 9.53 Å².